The smallest absolute Gasteiger partial charge is 0.114 e. The molecule has 0 unspecified atom stereocenters. The fraction of sp³-hybridized carbons (Fsp3) is 0.294. The molecule has 0 saturated carbocycles. The molecule has 0 bridgehead atoms. The molecule has 0 saturated heterocycles. The molecular weight excluding hydrogens is 260 g/mol. The summed E-state index contributed by atoms with van der Waals surface area (Å²) < 4.78 is 2.22. The zero-order valence-electron chi connectivity index (χ0n) is 12.3. The van der Waals surface area contributed by atoms with Crippen LogP contribution in [0.25, 0.3) is 10.9 Å². The average molecular weight is 280 g/mol. The lowest BCUT2D eigenvalue weighted by molar-refractivity contribution is 0.593. The van der Waals surface area contributed by atoms with Crippen molar-refractivity contribution in [1.29, 1.82) is 0 Å². The number of hydrogen-bond donors (Lipinski definition) is 1. The van der Waals surface area contributed by atoms with Crippen molar-refractivity contribution in [1.82, 2.24) is 19.9 Å². The van der Waals surface area contributed by atoms with E-state index in [0.29, 0.717) is 0 Å². The minimum Gasteiger partial charge on any atom is -0.335 e. The van der Waals surface area contributed by atoms with Crippen LogP contribution in [0.5, 0.6) is 0 Å². The first-order valence-electron chi connectivity index (χ1n) is 7.36. The van der Waals surface area contributed by atoms with Gasteiger partial charge in [-0.15, -0.1) is 0 Å². The Kier molecular flexibility index (Phi) is 4.26. The van der Waals surface area contributed by atoms with Gasteiger partial charge in [-0.3, -0.25) is 4.98 Å². The second kappa shape index (κ2) is 6.50. The summed E-state index contributed by atoms with van der Waals surface area (Å²) in [4.78, 5) is 9.19. The van der Waals surface area contributed by atoms with Gasteiger partial charge in [0, 0.05) is 36.4 Å². The lowest BCUT2D eigenvalue weighted by atomic mass is 10.2. The maximum atomic E-state index is 4.72. The van der Waals surface area contributed by atoms with E-state index in [4.69, 9.17) is 4.98 Å². The highest BCUT2D eigenvalue weighted by atomic mass is 15.1. The van der Waals surface area contributed by atoms with Crippen LogP contribution in [0, 0.1) is 0 Å². The van der Waals surface area contributed by atoms with E-state index in [-0.39, 0.29) is 0 Å². The molecule has 0 spiro atoms. The number of imidazole rings is 1. The summed E-state index contributed by atoms with van der Waals surface area (Å²) >= 11 is 0. The maximum Gasteiger partial charge on any atom is 0.114 e. The topological polar surface area (TPSA) is 42.7 Å². The molecule has 4 heteroatoms. The highest BCUT2D eigenvalue weighted by molar-refractivity contribution is 5.78. The third-order valence-electron chi connectivity index (χ3n) is 3.62. The molecular formula is C17H20N4. The predicted molar refractivity (Wildman–Crippen MR) is 85.3 cm³/mol. The van der Waals surface area contributed by atoms with Crippen LogP contribution in [-0.4, -0.2) is 28.1 Å². The van der Waals surface area contributed by atoms with E-state index in [1.54, 1.807) is 0 Å². The Hall–Kier alpha value is -2.20. The molecule has 0 amide bonds. The molecule has 0 aliphatic rings. The Labute approximate surface area is 124 Å². The van der Waals surface area contributed by atoms with Crippen LogP contribution in [-0.2, 0) is 13.0 Å². The molecule has 0 fully saturated rings. The Morgan fingerprint density at radius 3 is 2.95 bits per heavy atom. The monoisotopic (exact) mass is 280 g/mol. The molecule has 0 aliphatic heterocycles. The number of pyridine rings is 1. The van der Waals surface area contributed by atoms with Crippen LogP contribution in [0.4, 0.5) is 0 Å². The Bertz CT molecular complexity index is 717. The minimum absolute atomic E-state index is 0.775. The number of aromatic nitrogens is 3. The summed E-state index contributed by atoms with van der Waals surface area (Å²) in [5.74, 6) is 1.08. The summed E-state index contributed by atoms with van der Waals surface area (Å²) in [5, 5.41) is 4.35. The molecule has 4 nitrogen and oxygen atoms in total. The van der Waals surface area contributed by atoms with Crippen molar-refractivity contribution in [2.45, 2.75) is 19.4 Å². The first-order valence-corrected chi connectivity index (χ1v) is 7.36. The number of hydrogen-bond acceptors (Lipinski definition) is 3. The van der Waals surface area contributed by atoms with Crippen molar-refractivity contribution in [2.24, 2.45) is 0 Å². The van der Waals surface area contributed by atoms with Crippen LogP contribution in [0.1, 0.15) is 17.9 Å². The van der Waals surface area contributed by atoms with Gasteiger partial charge in [-0.2, -0.15) is 0 Å². The SMILES string of the molecule is CNCCCn1ccnc1Cc1ccc2ccccc2n1. The first-order chi connectivity index (χ1) is 10.4. The molecule has 1 N–H and O–H groups in total. The molecule has 108 valence electrons. The predicted octanol–water partition coefficient (Wildman–Crippen LogP) is 2.63. The molecule has 3 aromatic rings. The fourth-order valence-corrected chi connectivity index (χ4v) is 2.51. The standard InChI is InChI=1S/C17H20N4/c1-18-9-4-11-21-12-10-19-17(21)13-15-8-7-14-5-2-3-6-16(14)20-15/h2-3,5-8,10,12,18H,4,9,11,13H2,1H3. The summed E-state index contributed by atoms with van der Waals surface area (Å²) in [7, 11) is 1.98. The third-order valence-corrected chi connectivity index (χ3v) is 3.62. The zero-order valence-corrected chi connectivity index (χ0v) is 12.3. The normalized spacial score (nSPS) is 11.1. The van der Waals surface area contributed by atoms with E-state index < -0.39 is 0 Å². The van der Waals surface area contributed by atoms with Gasteiger partial charge in [-0.05, 0) is 32.1 Å². The Morgan fingerprint density at radius 1 is 1.14 bits per heavy atom. The number of benzene rings is 1. The number of para-hydroxylation sites is 1. The summed E-state index contributed by atoms with van der Waals surface area (Å²) in [6, 6.07) is 12.4. The van der Waals surface area contributed by atoms with Gasteiger partial charge >= 0.3 is 0 Å². The second-order valence-corrected chi connectivity index (χ2v) is 5.17. The number of rotatable bonds is 6. The van der Waals surface area contributed by atoms with Gasteiger partial charge in [-0.1, -0.05) is 24.3 Å². The van der Waals surface area contributed by atoms with Gasteiger partial charge in [0.05, 0.1) is 5.52 Å². The quantitative estimate of drug-likeness (QED) is 0.706. The molecule has 21 heavy (non-hydrogen) atoms. The molecule has 1 aromatic carbocycles. The summed E-state index contributed by atoms with van der Waals surface area (Å²) in [6.07, 6.45) is 5.80. The van der Waals surface area contributed by atoms with Crippen molar-refractivity contribution >= 4 is 10.9 Å². The summed E-state index contributed by atoms with van der Waals surface area (Å²) in [6.45, 7) is 2.01. The van der Waals surface area contributed by atoms with Gasteiger partial charge < -0.3 is 9.88 Å². The second-order valence-electron chi connectivity index (χ2n) is 5.17. The van der Waals surface area contributed by atoms with Gasteiger partial charge in [-0.25, -0.2) is 4.98 Å². The van der Waals surface area contributed by atoms with Gasteiger partial charge in [0.25, 0.3) is 0 Å². The van der Waals surface area contributed by atoms with E-state index in [0.717, 1.165) is 43.0 Å². The molecule has 0 aliphatic carbocycles. The zero-order chi connectivity index (χ0) is 14.5. The largest absolute Gasteiger partial charge is 0.335 e. The molecule has 2 heterocycles. The van der Waals surface area contributed by atoms with Gasteiger partial charge in [0.1, 0.15) is 5.82 Å². The molecule has 0 atom stereocenters. The number of nitrogens with one attached hydrogen (secondary N) is 1. The molecule has 0 radical (unpaired) electrons. The average Bonchev–Trinajstić information content (AvgIpc) is 2.95. The van der Waals surface area contributed by atoms with Crippen molar-refractivity contribution in [3.8, 4) is 0 Å². The van der Waals surface area contributed by atoms with Crippen LogP contribution in [0.15, 0.2) is 48.8 Å². The first kappa shape index (κ1) is 13.8. The highest BCUT2D eigenvalue weighted by Crippen LogP contribution is 2.14. The fourth-order valence-electron chi connectivity index (χ4n) is 2.51. The molecule has 3 rings (SSSR count). The Balaban J connectivity index is 1.77. The molecule has 2 aromatic heterocycles. The van der Waals surface area contributed by atoms with Crippen LogP contribution >= 0.6 is 0 Å². The van der Waals surface area contributed by atoms with E-state index >= 15 is 0 Å². The lowest BCUT2D eigenvalue weighted by Gasteiger charge is -2.08. The van der Waals surface area contributed by atoms with Crippen molar-refractivity contribution in [2.75, 3.05) is 13.6 Å². The Morgan fingerprint density at radius 2 is 2.05 bits per heavy atom. The van der Waals surface area contributed by atoms with Crippen LogP contribution in [0.3, 0.4) is 0 Å². The number of fused-ring (bicyclic) bond motifs is 1. The number of aryl methyl sites for hydroxylation is 1. The highest BCUT2D eigenvalue weighted by Gasteiger charge is 2.06. The number of nitrogens with zero attached hydrogens (tertiary/aromatic N) is 3. The van der Waals surface area contributed by atoms with E-state index in [2.05, 4.69) is 39.1 Å². The third kappa shape index (κ3) is 3.28. The van der Waals surface area contributed by atoms with Gasteiger partial charge in [0.2, 0.25) is 0 Å². The lowest BCUT2D eigenvalue weighted by Crippen LogP contribution is -2.12. The van der Waals surface area contributed by atoms with Crippen molar-refractivity contribution < 1.29 is 0 Å². The van der Waals surface area contributed by atoms with E-state index in [1.165, 1.54) is 5.39 Å². The van der Waals surface area contributed by atoms with Gasteiger partial charge in [0.15, 0.2) is 0 Å². The summed E-state index contributed by atoms with van der Waals surface area (Å²) in [5.41, 5.74) is 2.11. The van der Waals surface area contributed by atoms with E-state index in [9.17, 15) is 0 Å². The van der Waals surface area contributed by atoms with Crippen LogP contribution < -0.4 is 5.32 Å². The maximum absolute atomic E-state index is 4.72. The van der Waals surface area contributed by atoms with Crippen LogP contribution in [0.2, 0.25) is 0 Å². The minimum atomic E-state index is 0.775. The van der Waals surface area contributed by atoms with Crippen molar-refractivity contribution in [3.05, 3.63) is 60.3 Å². The van der Waals surface area contributed by atoms with E-state index in [1.807, 2.05) is 31.6 Å². The van der Waals surface area contributed by atoms with Crippen molar-refractivity contribution in [3.63, 3.8) is 0 Å².